The summed E-state index contributed by atoms with van der Waals surface area (Å²) in [4.78, 5) is 46.8. The summed E-state index contributed by atoms with van der Waals surface area (Å²) >= 11 is 3.77. The summed E-state index contributed by atoms with van der Waals surface area (Å²) in [6.07, 6.45) is 0.452. The van der Waals surface area contributed by atoms with Crippen molar-refractivity contribution in [1.29, 1.82) is 0 Å². The topological polar surface area (TPSA) is 176 Å². The zero-order chi connectivity index (χ0) is 33.0. The van der Waals surface area contributed by atoms with Crippen molar-refractivity contribution in [3.8, 4) is 11.5 Å². The van der Waals surface area contributed by atoms with Crippen LogP contribution in [0.3, 0.4) is 0 Å². The third-order valence-electron chi connectivity index (χ3n) is 5.63. The average Bonchev–Trinajstić information content (AvgIpc) is 2.99. The van der Waals surface area contributed by atoms with Gasteiger partial charge in [-0.25, -0.2) is 14.4 Å². The van der Waals surface area contributed by atoms with E-state index in [4.69, 9.17) is 24.7 Å². The summed E-state index contributed by atoms with van der Waals surface area (Å²) in [5.74, 6) is 0.285. The van der Waals surface area contributed by atoms with E-state index in [9.17, 15) is 24.3 Å². The standard InChI is InChI=1S/C28H39N3O8.C3H6OS/c1-28(2,3)39-26(34)30-15-9-8-12-21(31-27(35)37-18-19-10-6-5-7-11-19)25(33)38-23-14-13-20(22(32)17-29)16-24(23)36-4;4-2-1-3-5/h5-7,10-11,13-14,16,21-22,32H,8-9,12,15,17-18,29H2,1-4H3,(H,30,34)(H,31,35);2,5H,1,3H2. The molecule has 5 N–H and O–H groups in total. The second-order valence-electron chi connectivity index (χ2n) is 10.4. The van der Waals surface area contributed by atoms with Gasteiger partial charge in [0.2, 0.25) is 0 Å². The van der Waals surface area contributed by atoms with Gasteiger partial charge in [-0.3, -0.25) is 0 Å². The summed E-state index contributed by atoms with van der Waals surface area (Å²) in [5, 5.41) is 15.2. The van der Waals surface area contributed by atoms with E-state index in [-0.39, 0.29) is 31.1 Å². The van der Waals surface area contributed by atoms with Gasteiger partial charge in [0.15, 0.2) is 11.5 Å². The van der Waals surface area contributed by atoms with Crippen molar-refractivity contribution < 1.29 is 43.2 Å². The van der Waals surface area contributed by atoms with E-state index in [0.717, 1.165) is 11.8 Å². The first kappa shape index (κ1) is 38.2. The minimum Gasteiger partial charge on any atom is -0.493 e. The van der Waals surface area contributed by atoms with Crippen LogP contribution in [0.25, 0.3) is 0 Å². The number of aliphatic hydroxyl groups excluding tert-OH is 1. The molecule has 0 spiro atoms. The van der Waals surface area contributed by atoms with Gasteiger partial charge in [0.05, 0.1) is 13.2 Å². The number of methoxy groups -OCH3 is 1. The fourth-order valence-electron chi connectivity index (χ4n) is 3.48. The fourth-order valence-corrected chi connectivity index (χ4v) is 3.58. The lowest BCUT2D eigenvalue weighted by Gasteiger charge is -2.20. The van der Waals surface area contributed by atoms with Gasteiger partial charge >= 0.3 is 18.2 Å². The number of hydrogen-bond donors (Lipinski definition) is 5. The number of benzene rings is 2. The third kappa shape index (κ3) is 16.1. The molecule has 0 aliphatic rings. The Morgan fingerprint density at radius 3 is 2.32 bits per heavy atom. The Bertz CT molecular complexity index is 1160. The van der Waals surface area contributed by atoms with Crippen molar-refractivity contribution in [3.05, 3.63) is 59.7 Å². The molecule has 0 aliphatic carbocycles. The predicted molar refractivity (Wildman–Crippen MR) is 169 cm³/mol. The fraction of sp³-hybridized carbons (Fsp3) is 0.484. The average molecular weight is 636 g/mol. The number of rotatable bonds is 15. The van der Waals surface area contributed by atoms with Crippen LogP contribution in [0.5, 0.6) is 11.5 Å². The molecule has 0 aliphatic heterocycles. The smallest absolute Gasteiger partial charge is 0.408 e. The second kappa shape index (κ2) is 21.0. The SMILES string of the molecule is COc1cc(C(O)CN)ccc1OC(=O)C(CCCCNC(=O)OC(C)(C)C)NC(=O)OCc1ccccc1.O=CCCS. The van der Waals surface area contributed by atoms with Crippen LogP contribution in [0, 0.1) is 0 Å². The normalized spacial score (nSPS) is 12.0. The van der Waals surface area contributed by atoms with Gasteiger partial charge in [-0.1, -0.05) is 36.4 Å². The van der Waals surface area contributed by atoms with Crippen LogP contribution in [0.4, 0.5) is 9.59 Å². The lowest BCUT2D eigenvalue weighted by atomic mass is 10.1. The van der Waals surface area contributed by atoms with Crippen LogP contribution in [-0.2, 0) is 25.7 Å². The lowest BCUT2D eigenvalue weighted by molar-refractivity contribution is -0.137. The highest BCUT2D eigenvalue weighted by atomic mass is 32.1. The van der Waals surface area contributed by atoms with Crippen molar-refractivity contribution >= 4 is 37.1 Å². The molecule has 0 radical (unpaired) electrons. The van der Waals surface area contributed by atoms with Crippen LogP contribution < -0.4 is 25.8 Å². The van der Waals surface area contributed by atoms with Crippen LogP contribution in [0.1, 0.15) is 63.7 Å². The Balaban J connectivity index is 0.00000178. The number of alkyl carbamates (subject to hydrolysis) is 2. The number of aliphatic hydroxyl groups is 1. The summed E-state index contributed by atoms with van der Waals surface area (Å²) in [6, 6.07) is 12.7. The number of nitrogens with two attached hydrogens (primary N) is 1. The maximum absolute atomic E-state index is 13.1. The number of aldehydes is 1. The van der Waals surface area contributed by atoms with Gasteiger partial charge in [-0.2, -0.15) is 12.6 Å². The first-order valence-corrected chi connectivity index (χ1v) is 14.8. The zero-order valence-corrected chi connectivity index (χ0v) is 26.6. The van der Waals surface area contributed by atoms with Gasteiger partial charge in [0.1, 0.15) is 24.5 Å². The minimum atomic E-state index is -1.03. The number of carbonyl (C=O) groups excluding carboxylic acids is 4. The summed E-state index contributed by atoms with van der Waals surface area (Å²) in [7, 11) is 1.40. The molecule has 0 saturated carbocycles. The first-order chi connectivity index (χ1) is 20.9. The molecule has 0 heterocycles. The van der Waals surface area contributed by atoms with E-state index in [1.54, 1.807) is 26.8 Å². The molecule has 12 nitrogen and oxygen atoms in total. The highest BCUT2D eigenvalue weighted by Crippen LogP contribution is 2.30. The molecular formula is C31H45N3O9S. The Morgan fingerprint density at radius 2 is 1.75 bits per heavy atom. The number of nitrogens with one attached hydrogen (secondary N) is 2. The highest BCUT2D eigenvalue weighted by Gasteiger charge is 2.25. The Hall–Kier alpha value is -3.81. The number of carbonyl (C=O) groups is 4. The minimum absolute atomic E-state index is 0.0160. The number of ether oxygens (including phenoxy) is 4. The van der Waals surface area contributed by atoms with Gasteiger partial charge in [0, 0.05) is 19.5 Å². The molecule has 2 unspecified atom stereocenters. The third-order valence-corrected chi connectivity index (χ3v) is 5.89. The van der Waals surface area contributed by atoms with E-state index in [0.29, 0.717) is 37.1 Å². The van der Waals surface area contributed by atoms with Gasteiger partial charge in [-0.15, -0.1) is 0 Å². The predicted octanol–water partition coefficient (Wildman–Crippen LogP) is 4.09. The quantitative estimate of drug-likeness (QED) is 0.0630. The summed E-state index contributed by atoms with van der Waals surface area (Å²) < 4.78 is 21.3. The molecule has 44 heavy (non-hydrogen) atoms. The molecule has 244 valence electrons. The molecule has 2 rings (SSSR count). The van der Waals surface area contributed by atoms with Crippen molar-refractivity contribution in [3.63, 3.8) is 0 Å². The van der Waals surface area contributed by atoms with E-state index >= 15 is 0 Å². The van der Waals surface area contributed by atoms with Crippen molar-refractivity contribution in [1.82, 2.24) is 10.6 Å². The maximum atomic E-state index is 13.1. The van der Waals surface area contributed by atoms with Crippen LogP contribution >= 0.6 is 12.6 Å². The van der Waals surface area contributed by atoms with E-state index in [1.807, 2.05) is 30.3 Å². The van der Waals surface area contributed by atoms with E-state index in [2.05, 4.69) is 23.3 Å². The van der Waals surface area contributed by atoms with Crippen LogP contribution in [0.15, 0.2) is 48.5 Å². The molecule has 0 saturated heterocycles. The first-order valence-electron chi connectivity index (χ1n) is 14.2. The molecule has 0 bridgehead atoms. The molecule has 2 aromatic carbocycles. The molecule has 0 fully saturated rings. The molecule has 2 atom stereocenters. The second-order valence-corrected chi connectivity index (χ2v) is 10.9. The van der Waals surface area contributed by atoms with Gasteiger partial charge < -0.3 is 45.2 Å². The summed E-state index contributed by atoms with van der Waals surface area (Å²) in [5.41, 5.74) is 6.21. The van der Waals surface area contributed by atoms with Crippen molar-refractivity contribution in [2.24, 2.45) is 5.73 Å². The number of unbranched alkanes of at least 4 members (excludes halogenated alkanes) is 1. The van der Waals surface area contributed by atoms with E-state index < -0.39 is 35.9 Å². The van der Waals surface area contributed by atoms with Gasteiger partial charge in [-0.05, 0) is 69.0 Å². The Kier molecular flexibility index (Phi) is 18.2. The Labute approximate surface area is 264 Å². The van der Waals surface area contributed by atoms with E-state index in [1.165, 1.54) is 19.2 Å². The zero-order valence-electron chi connectivity index (χ0n) is 25.7. The van der Waals surface area contributed by atoms with Gasteiger partial charge in [0.25, 0.3) is 0 Å². The molecule has 2 amide bonds. The lowest BCUT2D eigenvalue weighted by Crippen LogP contribution is -2.43. The number of hydrogen-bond acceptors (Lipinski definition) is 11. The maximum Gasteiger partial charge on any atom is 0.408 e. The highest BCUT2D eigenvalue weighted by molar-refractivity contribution is 7.80. The number of esters is 1. The van der Waals surface area contributed by atoms with Crippen molar-refractivity contribution in [2.75, 3.05) is 26.0 Å². The largest absolute Gasteiger partial charge is 0.493 e. The van der Waals surface area contributed by atoms with Crippen molar-refractivity contribution in [2.45, 2.75) is 70.8 Å². The molecule has 0 aromatic heterocycles. The molecule has 2 aromatic rings. The summed E-state index contributed by atoms with van der Waals surface area (Å²) in [6.45, 7) is 5.69. The van der Waals surface area contributed by atoms with Crippen LogP contribution in [-0.4, -0.2) is 67.1 Å². The molecule has 13 heteroatoms. The monoisotopic (exact) mass is 635 g/mol. The Morgan fingerprint density at radius 1 is 1.05 bits per heavy atom. The number of amides is 2. The molecular weight excluding hydrogens is 590 g/mol. The number of thiol groups is 1. The van der Waals surface area contributed by atoms with Crippen LogP contribution in [0.2, 0.25) is 0 Å².